The van der Waals surface area contributed by atoms with Crippen molar-refractivity contribution in [3.63, 3.8) is 0 Å². The minimum Gasteiger partial charge on any atom is -0.376 e. The fourth-order valence-electron chi connectivity index (χ4n) is 2.10. The summed E-state index contributed by atoms with van der Waals surface area (Å²) in [5.41, 5.74) is 2.15. The summed E-state index contributed by atoms with van der Waals surface area (Å²) in [5.74, 6) is 0.175. The summed E-state index contributed by atoms with van der Waals surface area (Å²) < 4.78 is 1.09. The molecule has 104 valence electrons. The van der Waals surface area contributed by atoms with Crippen molar-refractivity contribution in [3.05, 3.63) is 28.2 Å². The van der Waals surface area contributed by atoms with Crippen LogP contribution < -0.4 is 5.32 Å². The van der Waals surface area contributed by atoms with E-state index >= 15 is 0 Å². The number of aryl methyl sites for hydroxylation is 1. The molecule has 1 aromatic carbocycles. The number of nitrogens with one attached hydrogen (secondary N) is 1. The van der Waals surface area contributed by atoms with Crippen LogP contribution in [0.15, 0.2) is 22.7 Å². The van der Waals surface area contributed by atoms with Crippen LogP contribution in [0.5, 0.6) is 0 Å². The van der Waals surface area contributed by atoms with Crippen LogP contribution in [-0.2, 0) is 4.79 Å². The highest BCUT2D eigenvalue weighted by Gasteiger charge is 2.18. The third kappa shape index (κ3) is 3.94. The molecule has 0 spiro atoms. The van der Waals surface area contributed by atoms with Crippen LogP contribution in [-0.4, -0.2) is 55.5 Å². The van der Waals surface area contributed by atoms with Crippen molar-refractivity contribution in [2.24, 2.45) is 0 Å². The first-order valence-corrected chi connectivity index (χ1v) is 7.32. The molecule has 5 heteroatoms. The van der Waals surface area contributed by atoms with Crippen LogP contribution in [0.3, 0.4) is 0 Å². The van der Waals surface area contributed by atoms with Crippen LogP contribution in [0.25, 0.3) is 0 Å². The minimum absolute atomic E-state index is 0.175. The van der Waals surface area contributed by atoms with E-state index in [9.17, 15) is 4.79 Å². The molecule has 1 aliphatic rings. The van der Waals surface area contributed by atoms with Gasteiger partial charge in [0.05, 0.1) is 6.54 Å². The van der Waals surface area contributed by atoms with E-state index in [1.165, 1.54) is 0 Å². The smallest absolute Gasteiger partial charge is 0.241 e. The van der Waals surface area contributed by atoms with E-state index < -0.39 is 0 Å². The molecule has 1 saturated heterocycles. The SMILES string of the molecule is Cc1cc(NCC(=O)N2CCN(C)CC2)ccc1Br. The van der Waals surface area contributed by atoms with Crippen molar-refractivity contribution < 1.29 is 4.79 Å². The molecular formula is C14H20BrN3O. The van der Waals surface area contributed by atoms with Crippen LogP contribution in [0.2, 0.25) is 0 Å². The molecule has 1 aliphatic heterocycles. The predicted octanol–water partition coefficient (Wildman–Crippen LogP) is 1.94. The van der Waals surface area contributed by atoms with Crippen molar-refractivity contribution in [2.75, 3.05) is 45.1 Å². The molecule has 4 nitrogen and oxygen atoms in total. The predicted molar refractivity (Wildman–Crippen MR) is 81.4 cm³/mol. The summed E-state index contributed by atoms with van der Waals surface area (Å²) in [7, 11) is 2.09. The van der Waals surface area contributed by atoms with Gasteiger partial charge in [0, 0.05) is 36.3 Å². The molecule has 0 aromatic heterocycles. The first-order chi connectivity index (χ1) is 9.06. The lowest BCUT2D eigenvalue weighted by atomic mass is 10.2. The molecular weight excluding hydrogens is 306 g/mol. The summed E-state index contributed by atoms with van der Waals surface area (Å²) in [6.45, 7) is 5.99. The maximum atomic E-state index is 12.1. The zero-order valence-electron chi connectivity index (χ0n) is 11.4. The third-order valence-electron chi connectivity index (χ3n) is 3.46. The van der Waals surface area contributed by atoms with Gasteiger partial charge in [0.15, 0.2) is 0 Å². The Morgan fingerprint density at radius 2 is 2.00 bits per heavy atom. The quantitative estimate of drug-likeness (QED) is 0.922. The normalized spacial score (nSPS) is 16.5. The fraction of sp³-hybridized carbons (Fsp3) is 0.500. The Kier molecular flexibility index (Phi) is 4.82. The number of amides is 1. The number of nitrogens with zero attached hydrogens (tertiary/aromatic N) is 2. The second-order valence-electron chi connectivity index (χ2n) is 5.00. The van der Waals surface area contributed by atoms with E-state index in [0.717, 1.165) is 41.9 Å². The number of carbonyl (C=O) groups is 1. The number of halogens is 1. The lowest BCUT2D eigenvalue weighted by Gasteiger charge is -2.32. The molecule has 2 rings (SSSR count). The number of rotatable bonds is 3. The van der Waals surface area contributed by atoms with Gasteiger partial charge in [-0.05, 0) is 37.7 Å². The molecule has 19 heavy (non-hydrogen) atoms. The van der Waals surface area contributed by atoms with Crippen molar-refractivity contribution in [1.82, 2.24) is 9.80 Å². The van der Waals surface area contributed by atoms with Crippen LogP contribution >= 0.6 is 15.9 Å². The standard InChI is InChI=1S/C14H20BrN3O/c1-11-9-12(3-4-13(11)15)16-10-14(19)18-7-5-17(2)6-8-18/h3-4,9,16H,5-8,10H2,1-2H3. The van der Waals surface area contributed by atoms with Crippen molar-refractivity contribution in [3.8, 4) is 0 Å². The van der Waals surface area contributed by atoms with E-state index in [-0.39, 0.29) is 5.91 Å². The first-order valence-electron chi connectivity index (χ1n) is 6.52. The zero-order chi connectivity index (χ0) is 13.8. The average molecular weight is 326 g/mol. The Morgan fingerprint density at radius 1 is 1.32 bits per heavy atom. The molecule has 1 aromatic rings. The van der Waals surface area contributed by atoms with Gasteiger partial charge in [-0.1, -0.05) is 15.9 Å². The third-order valence-corrected chi connectivity index (χ3v) is 4.35. The van der Waals surface area contributed by atoms with Crippen molar-refractivity contribution >= 4 is 27.5 Å². The molecule has 0 aliphatic carbocycles. The lowest BCUT2D eigenvalue weighted by molar-refractivity contribution is -0.130. The van der Waals surface area contributed by atoms with Gasteiger partial charge in [0.1, 0.15) is 0 Å². The van der Waals surface area contributed by atoms with Crippen LogP contribution in [0, 0.1) is 6.92 Å². The van der Waals surface area contributed by atoms with E-state index in [1.54, 1.807) is 0 Å². The van der Waals surface area contributed by atoms with Gasteiger partial charge in [0.2, 0.25) is 5.91 Å². The van der Waals surface area contributed by atoms with Gasteiger partial charge >= 0.3 is 0 Å². The average Bonchev–Trinajstić information content (AvgIpc) is 2.40. The first kappa shape index (κ1) is 14.3. The molecule has 0 atom stereocenters. The monoisotopic (exact) mass is 325 g/mol. The Labute approximate surface area is 122 Å². The number of hydrogen-bond acceptors (Lipinski definition) is 3. The van der Waals surface area contributed by atoms with Gasteiger partial charge < -0.3 is 15.1 Å². The lowest BCUT2D eigenvalue weighted by Crippen LogP contribution is -2.48. The van der Waals surface area contributed by atoms with Crippen molar-refractivity contribution in [2.45, 2.75) is 6.92 Å². The number of carbonyl (C=O) groups excluding carboxylic acids is 1. The van der Waals surface area contributed by atoms with Gasteiger partial charge in [0.25, 0.3) is 0 Å². The number of hydrogen-bond donors (Lipinski definition) is 1. The fourth-order valence-corrected chi connectivity index (χ4v) is 2.35. The molecule has 1 heterocycles. The number of piperazine rings is 1. The Hall–Kier alpha value is -1.07. The highest BCUT2D eigenvalue weighted by molar-refractivity contribution is 9.10. The highest BCUT2D eigenvalue weighted by atomic mass is 79.9. The summed E-state index contributed by atoms with van der Waals surface area (Å²) >= 11 is 3.47. The van der Waals surface area contributed by atoms with Crippen LogP contribution in [0.1, 0.15) is 5.56 Å². The topological polar surface area (TPSA) is 35.6 Å². The maximum absolute atomic E-state index is 12.1. The van der Waals surface area contributed by atoms with Crippen LogP contribution in [0.4, 0.5) is 5.69 Å². The Balaban J connectivity index is 1.84. The summed E-state index contributed by atoms with van der Waals surface area (Å²) in [6, 6.07) is 6.02. The number of benzene rings is 1. The molecule has 1 amide bonds. The maximum Gasteiger partial charge on any atom is 0.241 e. The minimum atomic E-state index is 0.175. The largest absolute Gasteiger partial charge is 0.376 e. The van der Waals surface area contributed by atoms with E-state index in [2.05, 4.69) is 33.2 Å². The van der Waals surface area contributed by atoms with Gasteiger partial charge in [-0.2, -0.15) is 0 Å². The molecule has 1 N–H and O–H groups in total. The molecule has 0 radical (unpaired) electrons. The van der Waals surface area contributed by atoms with Crippen molar-refractivity contribution in [1.29, 1.82) is 0 Å². The van der Waals surface area contributed by atoms with E-state index in [0.29, 0.717) is 6.54 Å². The molecule has 0 saturated carbocycles. The zero-order valence-corrected chi connectivity index (χ0v) is 13.0. The van der Waals surface area contributed by atoms with E-state index in [1.807, 2.05) is 30.0 Å². The van der Waals surface area contributed by atoms with Gasteiger partial charge in [-0.15, -0.1) is 0 Å². The summed E-state index contributed by atoms with van der Waals surface area (Å²) in [5, 5.41) is 3.20. The second kappa shape index (κ2) is 6.39. The van der Waals surface area contributed by atoms with E-state index in [4.69, 9.17) is 0 Å². The summed E-state index contributed by atoms with van der Waals surface area (Å²) in [6.07, 6.45) is 0. The highest BCUT2D eigenvalue weighted by Crippen LogP contribution is 2.19. The Morgan fingerprint density at radius 3 is 2.63 bits per heavy atom. The number of likely N-dealkylation sites (N-methyl/N-ethyl adjacent to an activating group) is 1. The van der Waals surface area contributed by atoms with Gasteiger partial charge in [-0.3, -0.25) is 4.79 Å². The molecule has 1 fully saturated rings. The molecule has 0 bridgehead atoms. The van der Waals surface area contributed by atoms with Gasteiger partial charge in [-0.25, -0.2) is 0 Å². The Bertz CT molecular complexity index is 456. The molecule has 0 unspecified atom stereocenters. The summed E-state index contributed by atoms with van der Waals surface area (Å²) in [4.78, 5) is 16.2. The second-order valence-corrected chi connectivity index (χ2v) is 5.86. The number of anilines is 1.